The summed E-state index contributed by atoms with van der Waals surface area (Å²) in [4.78, 5) is 0. The van der Waals surface area contributed by atoms with Crippen LogP contribution in [0.2, 0.25) is 0 Å². The molecule has 1 rings (SSSR count). The van der Waals surface area contributed by atoms with E-state index >= 15 is 0 Å². The van der Waals surface area contributed by atoms with Gasteiger partial charge in [0.2, 0.25) is 0 Å². The molecule has 1 heterocycles. The molecule has 1 fully saturated rings. The fourth-order valence-corrected chi connectivity index (χ4v) is 2.31. The summed E-state index contributed by atoms with van der Waals surface area (Å²) in [5.41, 5.74) is 0. The van der Waals surface area contributed by atoms with E-state index in [1.165, 1.54) is 0 Å². The van der Waals surface area contributed by atoms with E-state index in [1.807, 2.05) is 6.08 Å². The topological polar surface area (TPSA) is 38.7 Å². The number of aliphatic hydroxyl groups is 1. The Morgan fingerprint density at radius 1 is 1.35 bits per heavy atom. The zero-order chi connectivity index (χ0) is 12.8. The van der Waals surface area contributed by atoms with Crippen LogP contribution in [0, 0.1) is 11.8 Å². The van der Waals surface area contributed by atoms with Gasteiger partial charge in [-0.25, -0.2) is 0 Å². The van der Waals surface area contributed by atoms with Gasteiger partial charge in [0, 0.05) is 0 Å². The first-order valence-corrected chi connectivity index (χ1v) is 6.67. The van der Waals surface area contributed by atoms with Crippen molar-refractivity contribution in [3.63, 3.8) is 0 Å². The van der Waals surface area contributed by atoms with Gasteiger partial charge < -0.3 is 14.6 Å². The average Bonchev–Trinajstić information content (AvgIpc) is 2.34. The predicted octanol–water partition coefficient (Wildman–Crippen LogP) is 2.74. The lowest BCUT2D eigenvalue weighted by molar-refractivity contribution is -0.270. The van der Waals surface area contributed by atoms with E-state index < -0.39 is 12.4 Å². The van der Waals surface area contributed by atoms with Gasteiger partial charge in [-0.2, -0.15) is 0 Å². The van der Waals surface area contributed by atoms with Crippen molar-refractivity contribution < 1.29 is 14.6 Å². The highest BCUT2D eigenvalue weighted by Crippen LogP contribution is 2.32. The molecular formula is C14H26O3. The maximum atomic E-state index is 10.1. The van der Waals surface area contributed by atoms with Crippen LogP contribution in [-0.4, -0.2) is 30.2 Å². The van der Waals surface area contributed by atoms with E-state index in [2.05, 4.69) is 27.4 Å². The van der Waals surface area contributed by atoms with Gasteiger partial charge in [0.15, 0.2) is 6.29 Å². The first kappa shape index (κ1) is 14.7. The van der Waals surface area contributed by atoms with E-state index in [-0.39, 0.29) is 12.0 Å². The van der Waals surface area contributed by atoms with Crippen LogP contribution >= 0.6 is 0 Å². The maximum Gasteiger partial charge on any atom is 0.183 e. The lowest BCUT2D eigenvalue weighted by Gasteiger charge is -2.42. The van der Waals surface area contributed by atoms with Gasteiger partial charge in [0.25, 0.3) is 0 Å². The molecule has 100 valence electrons. The van der Waals surface area contributed by atoms with Gasteiger partial charge in [-0.05, 0) is 31.1 Å². The smallest absolute Gasteiger partial charge is 0.183 e. The minimum Gasteiger partial charge on any atom is -0.388 e. The van der Waals surface area contributed by atoms with Crippen LogP contribution in [0.5, 0.6) is 0 Å². The highest BCUT2D eigenvalue weighted by molar-refractivity contribution is 4.84. The Morgan fingerprint density at radius 2 is 2.06 bits per heavy atom. The number of aliphatic hydroxyl groups excluding tert-OH is 1. The molecule has 0 saturated carbocycles. The fraction of sp³-hybridized carbons (Fsp3) is 0.857. The third-order valence-electron chi connectivity index (χ3n) is 3.78. The minimum absolute atomic E-state index is 0.192. The summed E-state index contributed by atoms with van der Waals surface area (Å²) < 4.78 is 11.4. The largest absolute Gasteiger partial charge is 0.388 e. The van der Waals surface area contributed by atoms with E-state index in [0.717, 1.165) is 19.3 Å². The molecule has 1 aliphatic rings. The Hall–Kier alpha value is -0.380. The summed E-state index contributed by atoms with van der Waals surface area (Å²) in [6.07, 6.45) is 3.92. The van der Waals surface area contributed by atoms with Gasteiger partial charge in [0.1, 0.15) is 6.10 Å². The molecule has 17 heavy (non-hydrogen) atoms. The average molecular weight is 242 g/mol. The number of rotatable bonds is 6. The molecule has 0 aromatic rings. The Labute approximate surface area is 105 Å². The maximum absolute atomic E-state index is 10.1. The Morgan fingerprint density at radius 3 is 2.65 bits per heavy atom. The van der Waals surface area contributed by atoms with Crippen LogP contribution in [0.15, 0.2) is 12.7 Å². The van der Waals surface area contributed by atoms with E-state index in [9.17, 15) is 5.11 Å². The quantitative estimate of drug-likeness (QED) is 0.575. The molecule has 0 aromatic heterocycles. The number of unbranched alkanes of at least 4 members (excludes halogenated alkanes) is 1. The highest BCUT2D eigenvalue weighted by atomic mass is 16.7. The van der Waals surface area contributed by atoms with Crippen molar-refractivity contribution >= 4 is 0 Å². The molecule has 0 amide bonds. The zero-order valence-electron chi connectivity index (χ0n) is 11.3. The number of ether oxygens (including phenoxy) is 2. The number of allylic oxidation sites excluding steroid dienone is 1. The van der Waals surface area contributed by atoms with Crippen LogP contribution in [-0.2, 0) is 9.47 Å². The van der Waals surface area contributed by atoms with Crippen molar-refractivity contribution in [3.8, 4) is 0 Å². The first-order chi connectivity index (χ1) is 8.11. The van der Waals surface area contributed by atoms with E-state index in [0.29, 0.717) is 12.5 Å². The molecule has 0 aliphatic carbocycles. The van der Waals surface area contributed by atoms with Crippen molar-refractivity contribution in [2.75, 3.05) is 6.61 Å². The zero-order valence-corrected chi connectivity index (χ0v) is 11.3. The first-order valence-electron chi connectivity index (χ1n) is 6.67. The van der Waals surface area contributed by atoms with Gasteiger partial charge in [-0.3, -0.25) is 0 Å². The van der Waals surface area contributed by atoms with Crippen molar-refractivity contribution in [2.24, 2.45) is 11.8 Å². The summed E-state index contributed by atoms with van der Waals surface area (Å²) in [5.74, 6) is 0.598. The molecule has 1 saturated heterocycles. The molecule has 2 unspecified atom stereocenters. The second kappa shape index (κ2) is 7.14. The van der Waals surface area contributed by atoms with Gasteiger partial charge >= 0.3 is 0 Å². The molecule has 5 atom stereocenters. The summed E-state index contributed by atoms with van der Waals surface area (Å²) in [6, 6.07) is 0. The third-order valence-corrected chi connectivity index (χ3v) is 3.78. The van der Waals surface area contributed by atoms with Crippen molar-refractivity contribution in [1.82, 2.24) is 0 Å². The van der Waals surface area contributed by atoms with Crippen LogP contribution < -0.4 is 0 Å². The van der Waals surface area contributed by atoms with Gasteiger partial charge in [-0.15, -0.1) is 6.58 Å². The summed E-state index contributed by atoms with van der Waals surface area (Å²) in [5, 5.41) is 10.1. The van der Waals surface area contributed by atoms with Crippen molar-refractivity contribution in [2.45, 2.75) is 58.5 Å². The van der Waals surface area contributed by atoms with Crippen LogP contribution in [0.3, 0.4) is 0 Å². The lowest BCUT2D eigenvalue weighted by atomic mass is 9.83. The van der Waals surface area contributed by atoms with E-state index in [1.54, 1.807) is 0 Å². The molecule has 0 spiro atoms. The molecule has 0 bridgehead atoms. The predicted molar refractivity (Wildman–Crippen MR) is 68.7 cm³/mol. The van der Waals surface area contributed by atoms with Crippen LogP contribution in [0.1, 0.15) is 40.0 Å². The van der Waals surface area contributed by atoms with Crippen LogP contribution in [0.25, 0.3) is 0 Å². The fourth-order valence-electron chi connectivity index (χ4n) is 2.31. The normalized spacial score (nSPS) is 38.0. The highest BCUT2D eigenvalue weighted by Gasteiger charge is 2.40. The molecule has 3 nitrogen and oxygen atoms in total. The van der Waals surface area contributed by atoms with Crippen LogP contribution in [0.4, 0.5) is 0 Å². The summed E-state index contributed by atoms with van der Waals surface area (Å²) in [6.45, 7) is 10.6. The molecule has 1 aliphatic heterocycles. The standard InChI is InChI=1S/C14H26O3/c1-5-7-8-9-16-14-13(15)11(4)10(3)12(6-2)17-14/h5,10-15H,1,6-9H2,2-4H3/t10-,11-,12?,13?,14-/m0/s1. The number of hydrogen-bond donors (Lipinski definition) is 1. The molecule has 0 aromatic carbocycles. The second-order valence-electron chi connectivity index (χ2n) is 4.96. The Balaban J connectivity index is 2.44. The van der Waals surface area contributed by atoms with Crippen molar-refractivity contribution in [3.05, 3.63) is 12.7 Å². The molecular weight excluding hydrogens is 216 g/mol. The minimum atomic E-state index is -0.517. The van der Waals surface area contributed by atoms with Gasteiger partial charge in [-0.1, -0.05) is 26.8 Å². The lowest BCUT2D eigenvalue weighted by Crippen LogP contribution is -2.50. The monoisotopic (exact) mass is 242 g/mol. The summed E-state index contributed by atoms with van der Waals surface area (Å²) >= 11 is 0. The second-order valence-corrected chi connectivity index (χ2v) is 4.96. The molecule has 1 N–H and O–H groups in total. The SMILES string of the molecule is C=CCCCO[C@H]1OC(CC)[C@@H](C)[C@H](C)C1O. The Kier molecular flexibility index (Phi) is 6.17. The van der Waals surface area contributed by atoms with Gasteiger partial charge in [0.05, 0.1) is 12.7 Å². The van der Waals surface area contributed by atoms with E-state index in [4.69, 9.17) is 9.47 Å². The molecule has 3 heteroatoms. The number of hydrogen-bond acceptors (Lipinski definition) is 3. The Bertz CT molecular complexity index is 228. The van der Waals surface area contributed by atoms with Crippen molar-refractivity contribution in [1.29, 1.82) is 0 Å². The summed E-state index contributed by atoms with van der Waals surface area (Å²) in [7, 11) is 0. The molecule has 0 radical (unpaired) electrons. The third kappa shape index (κ3) is 3.80.